The summed E-state index contributed by atoms with van der Waals surface area (Å²) in [7, 11) is 0. The molecule has 0 heterocycles. The van der Waals surface area contributed by atoms with Crippen LogP contribution >= 0.6 is 15.9 Å². The third-order valence-electron chi connectivity index (χ3n) is 2.21. The van der Waals surface area contributed by atoms with Crippen LogP contribution in [0, 0.1) is 5.82 Å². The molecule has 0 spiro atoms. The van der Waals surface area contributed by atoms with E-state index in [2.05, 4.69) is 15.9 Å². The van der Waals surface area contributed by atoms with Crippen molar-refractivity contribution in [3.8, 4) is 11.5 Å². The number of halogens is 2. The smallest absolute Gasteiger partial charge is 0.197 e. The number of rotatable bonds is 3. The normalized spacial score (nSPS) is 10.2. The van der Waals surface area contributed by atoms with E-state index in [0.29, 0.717) is 4.47 Å². The van der Waals surface area contributed by atoms with Gasteiger partial charge in [0, 0.05) is 4.47 Å². The number of benzene rings is 2. The molecule has 0 aliphatic heterocycles. The third-order valence-corrected chi connectivity index (χ3v) is 2.67. The van der Waals surface area contributed by atoms with Gasteiger partial charge >= 0.3 is 0 Å². The number of ether oxygens (including phenoxy) is 1. The van der Waals surface area contributed by atoms with E-state index in [9.17, 15) is 9.50 Å². The lowest BCUT2D eigenvalue weighted by Crippen LogP contribution is -1.97. The van der Waals surface area contributed by atoms with Crippen LogP contribution in [0.25, 0.3) is 0 Å². The van der Waals surface area contributed by atoms with Gasteiger partial charge in [-0.15, -0.1) is 0 Å². The second kappa shape index (κ2) is 5.19. The fraction of sp³-hybridized carbons (Fsp3) is 0.0769. The van der Waals surface area contributed by atoms with E-state index < -0.39 is 5.82 Å². The maximum atomic E-state index is 13.5. The number of hydrogen-bond acceptors (Lipinski definition) is 2. The molecule has 0 bridgehead atoms. The maximum Gasteiger partial charge on any atom is 0.197 e. The first-order valence-corrected chi connectivity index (χ1v) is 5.81. The summed E-state index contributed by atoms with van der Waals surface area (Å²) in [5.74, 6) is -0.933. The average molecular weight is 297 g/mol. The van der Waals surface area contributed by atoms with Gasteiger partial charge in [0.25, 0.3) is 0 Å². The Kier molecular flexibility index (Phi) is 3.64. The van der Waals surface area contributed by atoms with Crippen molar-refractivity contribution in [2.24, 2.45) is 0 Å². The van der Waals surface area contributed by atoms with E-state index in [0.717, 1.165) is 5.56 Å². The summed E-state index contributed by atoms with van der Waals surface area (Å²) >= 11 is 3.09. The fourth-order valence-electron chi connectivity index (χ4n) is 1.42. The van der Waals surface area contributed by atoms with Crippen LogP contribution in [-0.2, 0) is 6.61 Å². The zero-order valence-corrected chi connectivity index (χ0v) is 10.4. The van der Waals surface area contributed by atoms with E-state index in [-0.39, 0.29) is 18.1 Å². The Morgan fingerprint density at radius 2 is 1.88 bits per heavy atom. The first-order valence-electron chi connectivity index (χ1n) is 5.01. The number of aromatic hydroxyl groups is 1. The molecule has 0 aliphatic rings. The minimum absolute atomic E-state index is 0.128. The molecule has 2 nitrogen and oxygen atoms in total. The Labute approximate surface area is 107 Å². The SMILES string of the molecule is Oc1cc(Br)cc(F)c1OCc1ccccc1. The lowest BCUT2D eigenvalue weighted by Gasteiger charge is -2.09. The maximum absolute atomic E-state index is 13.5. The van der Waals surface area contributed by atoms with Gasteiger partial charge in [0.05, 0.1) is 0 Å². The molecular weight excluding hydrogens is 287 g/mol. The Morgan fingerprint density at radius 3 is 2.53 bits per heavy atom. The summed E-state index contributed by atoms with van der Waals surface area (Å²) in [5, 5.41) is 9.56. The first kappa shape index (κ1) is 11.9. The van der Waals surface area contributed by atoms with Gasteiger partial charge in [-0.25, -0.2) is 4.39 Å². The molecule has 2 aromatic carbocycles. The molecule has 0 saturated heterocycles. The molecule has 0 unspecified atom stereocenters. The molecule has 0 amide bonds. The van der Waals surface area contributed by atoms with Gasteiger partial charge in [-0.3, -0.25) is 0 Å². The molecule has 0 fully saturated rings. The minimum Gasteiger partial charge on any atom is -0.504 e. The Balaban J connectivity index is 2.15. The topological polar surface area (TPSA) is 29.5 Å². The van der Waals surface area contributed by atoms with E-state index >= 15 is 0 Å². The first-order chi connectivity index (χ1) is 8.16. The lowest BCUT2D eigenvalue weighted by molar-refractivity contribution is 0.273. The van der Waals surface area contributed by atoms with Crippen molar-refractivity contribution < 1.29 is 14.2 Å². The van der Waals surface area contributed by atoms with Crippen LogP contribution < -0.4 is 4.74 Å². The number of phenols is 1. The Hall–Kier alpha value is -1.55. The van der Waals surface area contributed by atoms with Gasteiger partial charge in [-0.2, -0.15) is 0 Å². The molecule has 0 saturated carbocycles. The molecule has 1 N–H and O–H groups in total. The summed E-state index contributed by atoms with van der Waals surface area (Å²) in [4.78, 5) is 0. The number of hydrogen-bond donors (Lipinski definition) is 1. The highest BCUT2D eigenvalue weighted by atomic mass is 79.9. The van der Waals surface area contributed by atoms with E-state index in [4.69, 9.17) is 4.74 Å². The fourth-order valence-corrected chi connectivity index (χ4v) is 1.84. The zero-order chi connectivity index (χ0) is 12.3. The second-order valence-corrected chi connectivity index (χ2v) is 4.43. The van der Waals surface area contributed by atoms with Crippen molar-refractivity contribution in [2.75, 3.05) is 0 Å². The predicted molar refractivity (Wildman–Crippen MR) is 66.5 cm³/mol. The summed E-state index contributed by atoms with van der Waals surface area (Å²) in [6.45, 7) is 0.215. The highest BCUT2D eigenvalue weighted by molar-refractivity contribution is 9.10. The van der Waals surface area contributed by atoms with Gasteiger partial charge in [0.1, 0.15) is 6.61 Å². The van der Waals surface area contributed by atoms with Crippen molar-refractivity contribution in [2.45, 2.75) is 6.61 Å². The van der Waals surface area contributed by atoms with Gasteiger partial charge in [-0.1, -0.05) is 46.3 Å². The average Bonchev–Trinajstić information content (AvgIpc) is 2.29. The highest BCUT2D eigenvalue weighted by Gasteiger charge is 2.11. The monoisotopic (exact) mass is 296 g/mol. The predicted octanol–water partition coefficient (Wildman–Crippen LogP) is 3.87. The molecule has 0 aliphatic carbocycles. The van der Waals surface area contributed by atoms with Crippen LogP contribution in [0.2, 0.25) is 0 Å². The van der Waals surface area contributed by atoms with Crippen LogP contribution in [-0.4, -0.2) is 5.11 Å². The van der Waals surface area contributed by atoms with Crippen molar-refractivity contribution in [3.63, 3.8) is 0 Å². The Bertz CT molecular complexity index is 491. The summed E-state index contributed by atoms with van der Waals surface area (Å²) in [5.41, 5.74) is 0.911. The zero-order valence-electron chi connectivity index (χ0n) is 8.86. The largest absolute Gasteiger partial charge is 0.504 e. The second-order valence-electron chi connectivity index (χ2n) is 3.51. The third kappa shape index (κ3) is 2.97. The van der Waals surface area contributed by atoms with Crippen LogP contribution in [0.15, 0.2) is 46.9 Å². The van der Waals surface area contributed by atoms with Crippen LogP contribution in [0.4, 0.5) is 4.39 Å². The standard InChI is InChI=1S/C13H10BrFO2/c14-10-6-11(15)13(12(16)7-10)17-8-9-4-2-1-3-5-9/h1-7,16H,8H2. The molecule has 4 heteroatoms. The molecule has 0 aromatic heterocycles. The quantitative estimate of drug-likeness (QED) is 0.931. The van der Waals surface area contributed by atoms with Crippen molar-refractivity contribution in [1.29, 1.82) is 0 Å². The molecule has 0 atom stereocenters. The minimum atomic E-state index is -0.590. The molecule has 0 radical (unpaired) electrons. The van der Waals surface area contributed by atoms with Crippen molar-refractivity contribution in [1.82, 2.24) is 0 Å². The van der Waals surface area contributed by atoms with E-state index in [1.54, 1.807) is 0 Å². The van der Waals surface area contributed by atoms with Gasteiger partial charge < -0.3 is 9.84 Å². The van der Waals surface area contributed by atoms with Crippen LogP contribution in [0.5, 0.6) is 11.5 Å². The number of phenolic OH excluding ortho intramolecular Hbond substituents is 1. The van der Waals surface area contributed by atoms with Crippen molar-refractivity contribution >= 4 is 15.9 Å². The molecule has 2 rings (SSSR count). The van der Waals surface area contributed by atoms with Crippen LogP contribution in [0.3, 0.4) is 0 Å². The summed E-state index contributed by atoms with van der Waals surface area (Å²) in [6.07, 6.45) is 0. The van der Waals surface area contributed by atoms with Crippen LogP contribution in [0.1, 0.15) is 5.56 Å². The van der Waals surface area contributed by atoms with Gasteiger partial charge in [-0.05, 0) is 17.7 Å². The molecule has 17 heavy (non-hydrogen) atoms. The van der Waals surface area contributed by atoms with E-state index in [1.807, 2.05) is 30.3 Å². The lowest BCUT2D eigenvalue weighted by atomic mass is 10.2. The van der Waals surface area contributed by atoms with Crippen molar-refractivity contribution in [3.05, 3.63) is 58.3 Å². The van der Waals surface area contributed by atoms with Gasteiger partial charge in [0.15, 0.2) is 17.3 Å². The molecule has 88 valence electrons. The molecular formula is C13H10BrFO2. The molecule has 2 aromatic rings. The van der Waals surface area contributed by atoms with E-state index in [1.165, 1.54) is 12.1 Å². The Morgan fingerprint density at radius 1 is 1.18 bits per heavy atom. The van der Waals surface area contributed by atoms with Gasteiger partial charge in [0.2, 0.25) is 0 Å². The highest BCUT2D eigenvalue weighted by Crippen LogP contribution is 2.33. The summed E-state index contributed by atoms with van der Waals surface area (Å²) < 4.78 is 19.2. The summed E-state index contributed by atoms with van der Waals surface area (Å²) in [6, 6.07) is 12.0.